The van der Waals surface area contributed by atoms with Gasteiger partial charge in [-0.1, -0.05) is 24.3 Å². The second-order valence-electron chi connectivity index (χ2n) is 11.8. The number of nitrogens with one attached hydrogen (secondary N) is 1. The first-order chi connectivity index (χ1) is 18.7. The maximum atomic E-state index is 13.3. The number of rotatable bonds is 4. The van der Waals surface area contributed by atoms with Crippen molar-refractivity contribution in [1.82, 2.24) is 24.5 Å². The van der Waals surface area contributed by atoms with E-state index in [1.807, 2.05) is 31.5 Å². The van der Waals surface area contributed by atoms with Crippen molar-refractivity contribution < 1.29 is 9.35 Å². The fourth-order valence-corrected chi connectivity index (χ4v) is 7.12. The van der Waals surface area contributed by atoms with E-state index in [4.69, 9.17) is 5.73 Å². The number of anilines is 3. The Morgan fingerprint density at radius 2 is 1.92 bits per heavy atom. The molecule has 3 aliphatic rings. The predicted octanol–water partition coefficient (Wildman–Crippen LogP) is 3.24. The fraction of sp³-hybridized carbons (Fsp3) is 0.500. The largest absolute Gasteiger partial charge is 0.598 e. The zero-order valence-corrected chi connectivity index (χ0v) is 23.6. The SMILES string of the molecule is CC(C)(C)[S@@+]([O-])NC1c2ccccc2CC12CCN(c1cnc(C(=O)N3CCCn4nccc43)c(N)n1)CC2. The van der Waals surface area contributed by atoms with E-state index in [9.17, 15) is 9.35 Å². The van der Waals surface area contributed by atoms with Crippen LogP contribution in [-0.4, -0.2) is 54.6 Å². The van der Waals surface area contributed by atoms with E-state index in [1.54, 1.807) is 17.3 Å². The lowest BCUT2D eigenvalue weighted by atomic mass is 9.73. The number of hydrogen-bond donors (Lipinski definition) is 2. The maximum Gasteiger partial charge on any atom is 0.281 e. The Morgan fingerprint density at radius 1 is 1.15 bits per heavy atom. The third-order valence-electron chi connectivity index (χ3n) is 8.34. The molecule has 1 saturated heterocycles. The van der Waals surface area contributed by atoms with Crippen LogP contribution in [0.25, 0.3) is 0 Å². The molecule has 1 fully saturated rings. The van der Waals surface area contributed by atoms with E-state index in [2.05, 4.69) is 49.0 Å². The molecule has 3 aromatic rings. The molecule has 2 aromatic heterocycles. The molecule has 3 N–H and O–H groups in total. The van der Waals surface area contributed by atoms with E-state index in [0.717, 1.165) is 51.1 Å². The number of hydrogen-bond acceptors (Lipinski definition) is 8. The fourth-order valence-electron chi connectivity index (χ4n) is 6.17. The van der Waals surface area contributed by atoms with Gasteiger partial charge in [-0.2, -0.15) is 5.10 Å². The maximum absolute atomic E-state index is 13.3. The molecule has 0 radical (unpaired) electrons. The molecule has 2 aliphatic heterocycles. The molecule has 1 aromatic carbocycles. The van der Waals surface area contributed by atoms with E-state index >= 15 is 0 Å². The van der Waals surface area contributed by atoms with Crippen molar-refractivity contribution in [3.8, 4) is 0 Å². The summed E-state index contributed by atoms with van der Waals surface area (Å²) >= 11 is -1.17. The number of carbonyl (C=O) groups excluding carboxylic acids is 1. The van der Waals surface area contributed by atoms with Gasteiger partial charge in [0.1, 0.15) is 16.4 Å². The molecule has 2 atom stereocenters. The van der Waals surface area contributed by atoms with Crippen molar-refractivity contribution in [3.05, 3.63) is 59.5 Å². The van der Waals surface area contributed by atoms with Crippen molar-refractivity contribution in [2.45, 2.75) is 63.8 Å². The Kier molecular flexibility index (Phi) is 6.55. The van der Waals surface area contributed by atoms with Crippen molar-refractivity contribution in [2.24, 2.45) is 5.41 Å². The molecule has 11 heteroatoms. The van der Waals surface area contributed by atoms with Crippen molar-refractivity contribution in [3.63, 3.8) is 0 Å². The second-order valence-corrected chi connectivity index (χ2v) is 13.8. The Balaban J connectivity index is 1.19. The first kappa shape index (κ1) is 26.1. The van der Waals surface area contributed by atoms with Gasteiger partial charge >= 0.3 is 0 Å². The van der Waals surface area contributed by atoms with Crippen LogP contribution in [0.2, 0.25) is 0 Å². The van der Waals surface area contributed by atoms with Crippen LogP contribution in [0.1, 0.15) is 67.7 Å². The molecular formula is C28H36N8O2S. The lowest BCUT2D eigenvalue weighted by Crippen LogP contribution is -2.50. The van der Waals surface area contributed by atoms with Gasteiger partial charge in [-0.15, -0.1) is 4.72 Å². The van der Waals surface area contributed by atoms with Gasteiger partial charge in [-0.05, 0) is 57.6 Å². The lowest BCUT2D eigenvalue weighted by molar-refractivity contribution is 0.0977. The smallest absolute Gasteiger partial charge is 0.281 e. The number of nitrogens with two attached hydrogens (primary N) is 1. The number of aryl methyl sites for hydroxylation is 1. The number of aromatic nitrogens is 4. The summed E-state index contributed by atoms with van der Waals surface area (Å²) < 4.78 is 18.1. The third-order valence-corrected chi connectivity index (χ3v) is 9.90. The molecule has 1 unspecified atom stereocenters. The van der Waals surface area contributed by atoms with Crippen LogP contribution in [0.5, 0.6) is 0 Å². The van der Waals surface area contributed by atoms with Crippen LogP contribution in [-0.2, 0) is 24.3 Å². The van der Waals surface area contributed by atoms with Gasteiger partial charge < -0.3 is 15.2 Å². The van der Waals surface area contributed by atoms with Crippen molar-refractivity contribution >= 4 is 34.7 Å². The third kappa shape index (κ3) is 4.66. The Hall–Kier alpha value is -3.15. The van der Waals surface area contributed by atoms with Crippen molar-refractivity contribution in [2.75, 3.05) is 35.2 Å². The lowest BCUT2D eigenvalue weighted by Gasteiger charge is -2.44. The second kappa shape index (κ2) is 9.79. The summed E-state index contributed by atoms with van der Waals surface area (Å²) in [6.07, 6.45) is 6.98. The first-order valence-electron chi connectivity index (χ1n) is 13.6. The Morgan fingerprint density at radius 3 is 2.67 bits per heavy atom. The zero-order chi connectivity index (χ0) is 27.4. The van der Waals surface area contributed by atoms with Crippen LogP contribution < -0.4 is 20.3 Å². The average Bonchev–Trinajstić information content (AvgIpc) is 3.51. The summed E-state index contributed by atoms with van der Waals surface area (Å²) in [5.41, 5.74) is 9.05. The van der Waals surface area contributed by atoms with E-state index in [-0.39, 0.29) is 33.6 Å². The summed E-state index contributed by atoms with van der Waals surface area (Å²) in [6.45, 7) is 8.95. The van der Waals surface area contributed by atoms with E-state index in [0.29, 0.717) is 12.4 Å². The highest BCUT2D eigenvalue weighted by Crippen LogP contribution is 2.52. The molecule has 4 heterocycles. The molecule has 10 nitrogen and oxygen atoms in total. The number of carbonyl (C=O) groups is 1. The van der Waals surface area contributed by atoms with Gasteiger partial charge in [0, 0.05) is 49.0 Å². The van der Waals surface area contributed by atoms with Crippen LogP contribution in [0, 0.1) is 5.41 Å². The van der Waals surface area contributed by atoms with Crippen molar-refractivity contribution in [1.29, 1.82) is 0 Å². The summed E-state index contributed by atoms with van der Waals surface area (Å²) in [4.78, 5) is 26.3. The quantitative estimate of drug-likeness (QED) is 0.476. The molecule has 1 amide bonds. The van der Waals surface area contributed by atoms with Crippen LogP contribution in [0.4, 0.5) is 17.5 Å². The average molecular weight is 549 g/mol. The molecule has 0 bridgehead atoms. The van der Waals surface area contributed by atoms with Gasteiger partial charge in [-0.3, -0.25) is 9.69 Å². The summed E-state index contributed by atoms with van der Waals surface area (Å²) in [5.74, 6) is 1.32. The van der Waals surface area contributed by atoms with Gasteiger partial charge in [0.2, 0.25) is 0 Å². The van der Waals surface area contributed by atoms with E-state index < -0.39 is 11.4 Å². The van der Waals surface area contributed by atoms with E-state index in [1.165, 1.54) is 11.1 Å². The van der Waals surface area contributed by atoms with Gasteiger partial charge in [0.05, 0.1) is 18.4 Å². The number of piperidine rings is 1. The number of nitrogens with zero attached hydrogens (tertiary/aromatic N) is 6. The number of benzene rings is 1. The van der Waals surface area contributed by atoms with Crippen LogP contribution in [0.3, 0.4) is 0 Å². The zero-order valence-electron chi connectivity index (χ0n) is 22.8. The normalized spacial score (nSPS) is 21.1. The molecular weight excluding hydrogens is 512 g/mol. The first-order valence-corrected chi connectivity index (χ1v) is 14.8. The number of fused-ring (bicyclic) bond motifs is 2. The van der Waals surface area contributed by atoms with Gasteiger partial charge in [0.25, 0.3) is 5.91 Å². The molecule has 1 spiro atoms. The topological polar surface area (TPSA) is 128 Å². The summed E-state index contributed by atoms with van der Waals surface area (Å²) in [5, 5.41) is 4.28. The highest BCUT2D eigenvalue weighted by atomic mass is 32.2. The summed E-state index contributed by atoms with van der Waals surface area (Å²) in [6, 6.07) is 10.4. The molecule has 1 aliphatic carbocycles. The summed E-state index contributed by atoms with van der Waals surface area (Å²) in [7, 11) is 0. The van der Waals surface area contributed by atoms with Gasteiger partial charge in [-0.25, -0.2) is 14.6 Å². The predicted molar refractivity (Wildman–Crippen MR) is 153 cm³/mol. The molecule has 206 valence electrons. The number of amides is 1. The minimum absolute atomic E-state index is 0.0206. The monoisotopic (exact) mass is 548 g/mol. The standard InChI is InChI=1S/C28H36N8O2S/c1-27(2,3)39(38)33-24-20-8-5-4-7-19(20)17-28(24)10-15-34(16-11-28)21-18-30-23(25(29)32-21)26(37)35-13-6-14-36-22(35)9-12-31-36/h4-5,7-9,12,18,24,33H,6,10-11,13-17H2,1-3H3,(H2,29,32)/t24?,39-/m1/s1. The Labute approximate surface area is 232 Å². The highest BCUT2D eigenvalue weighted by molar-refractivity contribution is 7.90. The minimum Gasteiger partial charge on any atom is -0.598 e. The highest BCUT2D eigenvalue weighted by Gasteiger charge is 2.50. The minimum atomic E-state index is -1.17. The number of nitrogen functional groups attached to an aromatic ring is 1. The molecule has 6 rings (SSSR count). The van der Waals surface area contributed by atoms with Crippen LogP contribution >= 0.6 is 0 Å². The van der Waals surface area contributed by atoms with Crippen LogP contribution in [0.15, 0.2) is 42.7 Å². The molecule has 0 saturated carbocycles. The molecule has 39 heavy (non-hydrogen) atoms. The van der Waals surface area contributed by atoms with Gasteiger partial charge in [0.15, 0.2) is 11.5 Å². The Bertz CT molecular complexity index is 1380.